The van der Waals surface area contributed by atoms with E-state index in [0.717, 1.165) is 10.5 Å². The Balaban J connectivity index is 1.86. The summed E-state index contributed by atoms with van der Waals surface area (Å²) < 4.78 is 0. The van der Waals surface area contributed by atoms with Crippen LogP contribution in [0.4, 0.5) is 5.69 Å². The molecule has 0 bridgehead atoms. The number of amides is 2. The summed E-state index contributed by atoms with van der Waals surface area (Å²) in [6.07, 6.45) is 3.49. The molecule has 6 heteroatoms. The number of hydrogen-bond donors (Lipinski definition) is 2. The molecule has 2 rings (SSSR count). The fourth-order valence-electron chi connectivity index (χ4n) is 2.05. The number of thioether (sulfide) groups is 1. The maximum absolute atomic E-state index is 11.9. The number of carbonyl (C=O) groups is 2. The van der Waals surface area contributed by atoms with Gasteiger partial charge in [-0.15, -0.1) is 11.8 Å². The highest BCUT2D eigenvalue weighted by molar-refractivity contribution is 7.98. The van der Waals surface area contributed by atoms with E-state index < -0.39 is 11.8 Å². The first-order valence-corrected chi connectivity index (χ1v) is 9.10. The van der Waals surface area contributed by atoms with Gasteiger partial charge in [0.1, 0.15) is 0 Å². The Morgan fingerprint density at radius 2 is 1.64 bits per heavy atom. The molecule has 0 saturated heterocycles. The number of nitrogens with one attached hydrogen (secondary N) is 2. The lowest BCUT2D eigenvalue weighted by molar-refractivity contribution is -0.136. The fraction of sp³-hybridized carbons (Fsp3) is 0.211. The van der Waals surface area contributed by atoms with Gasteiger partial charge in [-0.3, -0.25) is 9.59 Å². The van der Waals surface area contributed by atoms with Crippen molar-refractivity contribution in [2.24, 2.45) is 5.10 Å². The highest BCUT2D eigenvalue weighted by atomic mass is 32.2. The van der Waals surface area contributed by atoms with Crippen LogP contribution in [0, 0.1) is 0 Å². The molecular formula is C19H21N3O2S. The normalized spacial score (nSPS) is 10.9. The number of hydrazone groups is 1. The topological polar surface area (TPSA) is 70.6 Å². The van der Waals surface area contributed by atoms with Gasteiger partial charge in [0.25, 0.3) is 0 Å². The standard InChI is InChI=1S/C19H21N3O2S/c1-13(2)15-6-8-16(9-7-15)21-18(23)19(24)22-20-12-14-4-10-17(25-3)11-5-14/h4-13H,1-3H3,(H,21,23)(H,22,24)/b20-12-. The van der Waals surface area contributed by atoms with Crippen molar-refractivity contribution in [3.63, 3.8) is 0 Å². The van der Waals surface area contributed by atoms with E-state index >= 15 is 0 Å². The molecule has 5 nitrogen and oxygen atoms in total. The van der Waals surface area contributed by atoms with Crippen molar-refractivity contribution in [1.82, 2.24) is 5.43 Å². The van der Waals surface area contributed by atoms with Gasteiger partial charge in [0, 0.05) is 10.6 Å². The quantitative estimate of drug-likeness (QED) is 0.372. The maximum Gasteiger partial charge on any atom is 0.329 e. The first kappa shape index (κ1) is 18.7. The maximum atomic E-state index is 11.9. The van der Waals surface area contributed by atoms with E-state index in [1.165, 1.54) is 11.8 Å². The summed E-state index contributed by atoms with van der Waals surface area (Å²) in [5, 5.41) is 6.35. The Hall–Kier alpha value is -2.60. The Kier molecular flexibility index (Phi) is 6.77. The van der Waals surface area contributed by atoms with Crippen LogP contribution in [-0.2, 0) is 9.59 Å². The summed E-state index contributed by atoms with van der Waals surface area (Å²) in [5.41, 5.74) is 4.80. The number of carbonyl (C=O) groups excluding carboxylic acids is 2. The van der Waals surface area contributed by atoms with E-state index in [4.69, 9.17) is 0 Å². The molecule has 0 aliphatic carbocycles. The minimum absolute atomic E-state index is 0.410. The second-order valence-electron chi connectivity index (χ2n) is 5.70. The molecule has 2 aromatic carbocycles. The van der Waals surface area contributed by atoms with Gasteiger partial charge in [-0.05, 0) is 47.6 Å². The van der Waals surface area contributed by atoms with Gasteiger partial charge in [0.05, 0.1) is 6.21 Å². The molecule has 0 spiro atoms. The number of rotatable bonds is 5. The SMILES string of the molecule is CSc1ccc(/C=N\NC(=O)C(=O)Nc2ccc(C(C)C)cc2)cc1. The highest BCUT2D eigenvalue weighted by Crippen LogP contribution is 2.17. The van der Waals surface area contributed by atoms with Gasteiger partial charge >= 0.3 is 11.8 Å². The van der Waals surface area contributed by atoms with E-state index in [1.54, 1.807) is 23.9 Å². The average Bonchev–Trinajstić information content (AvgIpc) is 2.62. The molecule has 0 heterocycles. The summed E-state index contributed by atoms with van der Waals surface area (Å²) in [6.45, 7) is 4.18. The third-order valence-corrected chi connectivity index (χ3v) is 4.28. The summed E-state index contributed by atoms with van der Waals surface area (Å²) >= 11 is 1.65. The Morgan fingerprint density at radius 1 is 1.00 bits per heavy atom. The van der Waals surface area contributed by atoms with Crippen molar-refractivity contribution in [3.8, 4) is 0 Å². The van der Waals surface area contributed by atoms with Crippen molar-refractivity contribution >= 4 is 35.5 Å². The molecule has 0 aliphatic rings. The zero-order valence-electron chi connectivity index (χ0n) is 14.4. The molecule has 0 radical (unpaired) electrons. The van der Waals surface area contributed by atoms with Crippen molar-refractivity contribution in [1.29, 1.82) is 0 Å². The zero-order valence-corrected chi connectivity index (χ0v) is 15.3. The van der Waals surface area contributed by atoms with Crippen molar-refractivity contribution in [2.45, 2.75) is 24.7 Å². The third kappa shape index (κ3) is 5.76. The lowest BCUT2D eigenvalue weighted by Gasteiger charge is -2.07. The van der Waals surface area contributed by atoms with Gasteiger partial charge in [0.2, 0.25) is 0 Å². The summed E-state index contributed by atoms with van der Waals surface area (Å²) in [4.78, 5) is 24.8. The highest BCUT2D eigenvalue weighted by Gasteiger charge is 2.12. The molecule has 2 aromatic rings. The first-order chi connectivity index (χ1) is 12.0. The number of benzene rings is 2. The predicted molar refractivity (Wildman–Crippen MR) is 103 cm³/mol. The minimum atomic E-state index is -0.815. The van der Waals surface area contributed by atoms with E-state index in [2.05, 4.69) is 29.7 Å². The second kappa shape index (κ2) is 9.03. The smallest absolute Gasteiger partial charge is 0.318 e. The molecule has 0 atom stereocenters. The van der Waals surface area contributed by atoms with Gasteiger partial charge in [0.15, 0.2) is 0 Å². The lowest BCUT2D eigenvalue weighted by atomic mass is 10.0. The van der Waals surface area contributed by atoms with Crippen molar-refractivity contribution in [3.05, 3.63) is 59.7 Å². The van der Waals surface area contributed by atoms with Crippen LogP contribution in [0.5, 0.6) is 0 Å². The van der Waals surface area contributed by atoms with Crippen LogP contribution in [0.3, 0.4) is 0 Å². The summed E-state index contributed by atoms with van der Waals surface area (Å²) in [6, 6.07) is 15.1. The van der Waals surface area contributed by atoms with Crippen LogP contribution in [-0.4, -0.2) is 24.3 Å². The van der Waals surface area contributed by atoms with E-state index in [1.807, 2.05) is 42.7 Å². The molecule has 0 unspecified atom stereocenters. The number of anilines is 1. The van der Waals surface area contributed by atoms with Crippen LogP contribution >= 0.6 is 11.8 Å². The third-order valence-electron chi connectivity index (χ3n) is 3.54. The minimum Gasteiger partial charge on any atom is -0.318 e. The molecule has 0 fully saturated rings. The van der Waals surface area contributed by atoms with E-state index in [0.29, 0.717) is 11.6 Å². The average molecular weight is 355 g/mol. The Morgan fingerprint density at radius 3 is 2.20 bits per heavy atom. The fourth-order valence-corrected chi connectivity index (χ4v) is 2.45. The molecule has 2 amide bonds. The zero-order chi connectivity index (χ0) is 18.2. The van der Waals surface area contributed by atoms with E-state index in [-0.39, 0.29) is 0 Å². The molecule has 0 aromatic heterocycles. The number of nitrogens with zero attached hydrogens (tertiary/aromatic N) is 1. The monoisotopic (exact) mass is 355 g/mol. The number of hydrogen-bond acceptors (Lipinski definition) is 4. The predicted octanol–water partition coefficient (Wildman–Crippen LogP) is 3.62. The second-order valence-corrected chi connectivity index (χ2v) is 6.58. The van der Waals surface area contributed by atoms with Crippen LogP contribution in [0.1, 0.15) is 30.9 Å². The molecule has 2 N–H and O–H groups in total. The van der Waals surface area contributed by atoms with Crippen molar-refractivity contribution in [2.75, 3.05) is 11.6 Å². The van der Waals surface area contributed by atoms with Crippen LogP contribution in [0.25, 0.3) is 0 Å². The van der Waals surface area contributed by atoms with Crippen LogP contribution < -0.4 is 10.7 Å². The molecular weight excluding hydrogens is 334 g/mol. The lowest BCUT2D eigenvalue weighted by Crippen LogP contribution is -2.32. The Labute approximate surface area is 151 Å². The van der Waals surface area contributed by atoms with Crippen LogP contribution in [0.15, 0.2) is 58.5 Å². The van der Waals surface area contributed by atoms with Crippen molar-refractivity contribution < 1.29 is 9.59 Å². The summed E-state index contributed by atoms with van der Waals surface area (Å²) in [5.74, 6) is -1.16. The van der Waals surface area contributed by atoms with Gasteiger partial charge in [-0.1, -0.05) is 38.1 Å². The van der Waals surface area contributed by atoms with E-state index in [9.17, 15) is 9.59 Å². The Bertz CT molecular complexity index is 753. The van der Waals surface area contributed by atoms with Crippen LogP contribution in [0.2, 0.25) is 0 Å². The van der Waals surface area contributed by atoms with Gasteiger partial charge < -0.3 is 5.32 Å². The molecule has 25 heavy (non-hydrogen) atoms. The molecule has 0 saturated carbocycles. The van der Waals surface area contributed by atoms with Gasteiger partial charge in [-0.2, -0.15) is 5.10 Å². The first-order valence-electron chi connectivity index (χ1n) is 7.88. The largest absolute Gasteiger partial charge is 0.329 e. The molecule has 130 valence electrons. The van der Waals surface area contributed by atoms with Gasteiger partial charge in [-0.25, -0.2) is 5.43 Å². The molecule has 0 aliphatic heterocycles. The summed E-state index contributed by atoms with van der Waals surface area (Å²) in [7, 11) is 0.